The number of morpholine rings is 1. The Labute approximate surface area is 127 Å². The van der Waals surface area contributed by atoms with E-state index in [0.717, 1.165) is 16.7 Å². The molecule has 0 saturated carbocycles. The molecule has 20 heavy (non-hydrogen) atoms. The molecular formula is C14H20BrN3O2. The standard InChI is InChI=1S/C14H20BrN3O2/c1-10(16)13-8-18(6-7-20-13)9-14(19)17-12-4-2-11(15)3-5-12/h2-5,10,13H,6-9,16H2,1H3,(H,17,19). The summed E-state index contributed by atoms with van der Waals surface area (Å²) < 4.78 is 6.57. The first-order valence-electron chi connectivity index (χ1n) is 6.69. The van der Waals surface area contributed by atoms with Gasteiger partial charge in [-0.2, -0.15) is 0 Å². The van der Waals surface area contributed by atoms with Crippen molar-refractivity contribution < 1.29 is 9.53 Å². The van der Waals surface area contributed by atoms with Crippen LogP contribution in [-0.2, 0) is 9.53 Å². The number of amides is 1. The van der Waals surface area contributed by atoms with Crippen LogP contribution in [0.3, 0.4) is 0 Å². The van der Waals surface area contributed by atoms with Crippen molar-refractivity contribution in [2.45, 2.75) is 19.1 Å². The van der Waals surface area contributed by atoms with E-state index in [4.69, 9.17) is 10.5 Å². The number of benzene rings is 1. The molecule has 3 N–H and O–H groups in total. The van der Waals surface area contributed by atoms with E-state index in [1.54, 1.807) is 0 Å². The molecule has 1 saturated heterocycles. The lowest BCUT2D eigenvalue weighted by Gasteiger charge is -2.34. The highest BCUT2D eigenvalue weighted by atomic mass is 79.9. The Balaban J connectivity index is 1.83. The summed E-state index contributed by atoms with van der Waals surface area (Å²) >= 11 is 3.36. The van der Waals surface area contributed by atoms with E-state index in [2.05, 4.69) is 26.1 Å². The molecule has 5 nitrogen and oxygen atoms in total. The van der Waals surface area contributed by atoms with Gasteiger partial charge in [-0.25, -0.2) is 0 Å². The molecule has 0 radical (unpaired) electrons. The van der Waals surface area contributed by atoms with E-state index in [0.29, 0.717) is 19.7 Å². The summed E-state index contributed by atoms with van der Waals surface area (Å²) in [6.07, 6.45) is 0.00392. The van der Waals surface area contributed by atoms with Crippen LogP contribution in [0.25, 0.3) is 0 Å². The lowest BCUT2D eigenvalue weighted by atomic mass is 10.1. The van der Waals surface area contributed by atoms with Crippen LogP contribution >= 0.6 is 15.9 Å². The Bertz CT molecular complexity index is 450. The minimum absolute atomic E-state index is 0.00392. The van der Waals surface area contributed by atoms with Crippen molar-refractivity contribution in [3.05, 3.63) is 28.7 Å². The van der Waals surface area contributed by atoms with E-state index in [1.807, 2.05) is 31.2 Å². The third kappa shape index (κ3) is 4.56. The van der Waals surface area contributed by atoms with Crippen molar-refractivity contribution in [2.24, 2.45) is 5.73 Å². The van der Waals surface area contributed by atoms with Gasteiger partial charge in [0.25, 0.3) is 0 Å². The Morgan fingerprint density at radius 2 is 2.25 bits per heavy atom. The van der Waals surface area contributed by atoms with Gasteiger partial charge in [-0.05, 0) is 31.2 Å². The van der Waals surface area contributed by atoms with E-state index in [-0.39, 0.29) is 18.1 Å². The van der Waals surface area contributed by atoms with E-state index >= 15 is 0 Å². The molecule has 1 aliphatic rings. The van der Waals surface area contributed by atoms with Crippen LogP contribution in [0, 0.1) is 0 Å². The van der Waals surface area contributed by atoms with Crippen LogP contribution < -0.4 is 11.1 Å². The molecule has 1 aromatic carbocycles. The molecule has 110 valence electrons. The molecule has 1 aliphatic heterocycles. The summed E-state index contributed by atoms with van der Waals surface area (Å²) in [6, 6.07) is 7.51. The zero-order valence-corrected chi connectivity index (χ0v) is 13.1. The first-order valence-corrected chi connectivity index (χ1v) is 7.49. The Hall–Kier alpha value is -0.950. The molecule has 6 heteroatoms. The summed E-state index contributed by atoms with van der Waals surface area (Å²) in [4.78, 5) is 14.1. The molecule has 0 spiro atoms. The molecule has 1 amide bonds. The second-order valence-electron chi connectivity index (χ2n) is 5.06. The monoisotopic (exact) mass is 341 g/mol. The van der Waals surface area contributed by atoms with Gasteiger partial charge in [-0.3, -0.25) is 9.69 Å². The lowest BCUT2D eigenvalue weighted by molar-refractivity contribution is -0.119. The fraction of sp³-hybridized carbons (Fsp3) is 0.500. The summed E-state index contributed by atoms with van der Waals surface area (Å²) in [6.45, 7) is 4.37. The van der Waals surface area contributed by atoms with Gasteiger partial charge in [0.05, 0.1) is 19.3 Å². The quantitative estimate of drug-likeness (QED) is 0.869. The number of hydrogen-bond acceptors (Lipinski definition) is 4. The maximum absolute atomic E-state index is 12.0. The Kier molecular flexibility index (Phi) is 5.54. The van der Waals surface area contributed by atoms with Crippen LogP contribution in [0.4, 0.5) is 5.69 Å². The van der Waals surface area contributed by atoms with Gasteiger partial charge in [-0.1, -0.05) is 15.9 Å². The van der Waals surface area contributed by atoms with Crippen molar-refractivity contribution >= 4 is 27.5 Å². The van der Waals surface area contributed by atoms with Crippen molar-refractivity contribution in [3.63, 3.8) is 0 Å². The number of nitrogens with zero attached hydrogens (tertiary/aromatic N) is 1. The number of anilines is 1. The van der Waals surface area contributed by atoms with Crippen LogP contribution in [0.15, 0.2) is 28.7 Å². The Morgan fingerprint density at radius 3 is 2.90 bits per heavy atom. The first-order chi connectivity index (χ1) is 9.54. The van der Waals surface area contributed by atoms with Gasteiger partial charge in [-0.15, -0.1) is 0 Å². The van der Waals surface area contributed by atoms with Crippen molar-refractivity contribution in [3.8, 4) is 0 Å². The predicted molar refractivity (Wildman–Crippen MR) is 82.6 cm³/mol. The molecule has 2 rings (SSSR count). The van der Waals surface area contributed by atoms with Crippen molar-refractivity contribution in [1.29, 1.82) is 0 Å². The molecular weight excluding hydrogens is 322 g/mol. The number of rotatable bonds is 4. The van der Waals surface area contributed by atoms with E-state index in [9.17, 15) is 4.79 Å². The van der Waals surface area contributed by atoms with Gasteiger partial charge in [0.2, 0.25) is 5.91 Å². The minimum atomic E-state index is -0.0210. The average molecular weight is 342 g/mol. The number of carbonyl (C=O) groups excluding carboxylic acids is 1. The lowest BCUT2D eigenvalue weighted by Crippen LogP contribution is -2.51. The normalized spacial score (nSPS) is 21.4. The Morgan fingerprint density at radius 1 is 1.55 bits per heavy atom. The summed E-state index contributed by atoms with van der Waals surface area (Å²) in [5, 5.41) is 2.89. The van der Waals surface area contributed by atoms with Gasteiger partial charge in [0.1, 0.15) is 0 Å². The largest absolute Gasteiger partial charge is 0.374 e. The SMILES string of the molecule is CC(N)C1CN(CC(=O)Nc2ccc(Br)cc2)CCO1. The molecule has 0 aliphatic carbocycles. The van der Waals surface area contributed by atoms with E-state index < -0.39 is 0 Å². The molecule has 0 bridgehead atoms. The van der Waals surface area contributed by atoms with Crippen molar-refractivity contribution in [2.75, 3.05) is 31.6 Å². The zero-order chi connectivity index (χ0) is 14.5. The second kappa shape index (κ2) is 7.17. The van der Waals surface area contributed by atoms with Gasteiger partial charge >= 0.3 is 0 Å². The number of halogens is 1. The van der Waals surface area contributed by atoms with Crippen molar-refractivity contribution in [1.82, 2.24) is 4.90 Å². The fourth-order valence-corrected chi connectivity index (χ4v) is 2.39. The molecule has 1 aromatic rings. The highest BCUT2D eigenvalue weighted by molar-refractivity contribution is 9.10. The number of ether oxygens (including phenoxy) is 1. The minimum Gasteiger partial charge on any atom is -0.374 e. The maximum Gasteiger partial charge on any atom is 0.238 e. The van der Waals surface area contributed by atoms with Crippen LogP contribution in [0.2, 0.25) is 0 Å². The van der Waals surface area contributed by atoms with Crippen LogP contribution in [0.1, 0.15) is 6.92 Å². The number of carbonyl (C=O) groups is 1. The first kappa shape index (κ1) is 15.4. The maximum atomic E-state index is 12.0. The molecule has 2 atom stereocenters. The summed E-state index contributed by atoms with van der Waals surface area (Å²) in [5.74, 6) is -0.0161. The average Bonchev–Trinajstić information content (AvgIpc) is 2.41. The van der Waals surface area contributed by atoms with Crippen LogP contribution in [-0.4, -0.2) is 49.2 Å². The number of nitrogens with two attached hydrogens (primary N) is 1. The molecule has 1 heterocycles. The number of hydrogen-bond donors (Lipinski definition) is 2. The predicted octanol–water partition coefficient (Wildman–Crippen LogP) is 1.44. The van der Waals surface area contributed by atoms with Crippen LogP contribution in [0.5, 0.6) is 0 Å². The van der Waals surface area contributed by atoms with E-state index in [1.165, 1.54) is 0 Å². The molecule has 1 fully saturated rings. The zero-order valence-electron chi connectivity index (χ0n) is 11.5. The second-order valence-corrected chi connectivity index (χ2v) is 5.97. The van der Waals surface area contributed by atoms with Gasteiger partial charge < -0.3 is 15.8 Å². The summed E-state index contributed by atoms with van der Waals surface area (Å²) in [5.41, 5.74) is 6.64. The van der Waals surface area contributed by atoms with Gasteiger partial charge in [0, 0.05) is 29.3 Å². The highest BCUT2D eigenvalue weighted by Gasteiger charge is 2.24. The molecule has 2 unspecified atom stereocenters. The topological polar surface area (TPSA) is 67.6 Å². The molecule has 0 aromatic heterocycles. The van der Waals surface area contributed by atoms with Gasteiger partial charge in [0.15, 0.2) is 0 Å². The highest BCUT2D eigenvalue weighted by Crippen LogP contribution is 2.14. The third-order valence-corrected chi connectivity index (χ3v) is 3.79. The smallest absolute Gasteiger partial charge is 0.238 e. The third-order valence-electron chi connectivity index (χ3n) is 3.26. The summed E-state index contributed by atoms with van der Waals surface area (Å²) in [7, 11) is 0. The fourth-order valence-electron chi connectivity index (χ4n) is 2.13. The number of nitrogens with one attached hydrogen (secondary N) is 1.